The molecule has 0 spiro atoms. The zero-order valence-electron chi connectivity index (χ0n) is 8.87. The van der Waals surface area contributed by atoms with Gasteiger partial charge in [-0.25, -0.2) is 0 Å². The minimum absolute atomic E-state index is 0.199. The van der Waals surface area contributed by atoms with Crippen molar-refractivity contribution in [3.63, 3.8) is 0 Å². The number of hydrogen-bond acceptors (Lipinski definition) is 4. The summed E-state index contributed by atoms with van der Waals surface area (Å²) in [6, 6.07) is 4.18. The van der Waals surface area contributed by atoms with Crippen LogP contribution in [0.25, 0.3) is 0 Å². The molecule has 2 atom stereocenters. The molecule has 0 bridgehead atoms. The van der Waals surface area contributed by atoms with Gasteiger partial charge in [0.1, 0.15) is 5.76 Å². The molecule has 0 amide bonds. The third kappa shape index (κ3) is 4.34. The summed E-state index contributed by atoms with van der Waals surface area (Å²) < 4.78 is 6.34. The molecule has 2 N–H and O–H groups in total. The molecule has 1 rings (SSSR count). The van der Waals surface area contributed by atoms with Gasteiger partial charge in [-0.05, 0) is 47.9 Å². The van der Waals surface area contributed by atoms with Crippen LogP contribution >= 0.6 is 34.4 Å². The van der Waals surface area contributed by atoms with Gasteiger partial charge >= 0.3 is 0 Å². The molecule has 3 nitrogen and oxygen atoms in total. The number of hydrogen-bond donors (Lipinski definition) is 2. The van der Waals surface area contributed by atoms with Crippen LogP contribution in [0.5, 0.6) is 0 Å². The van der Waals surface area contributed by atoms with Gasteiger partial charge in [-0.3, -0.25) is 0 Å². The van der Waals surface area contributed by atoms with Crippen molar-refractivity contribution >= 4 is 34.4 Å². The monoisotopic (exact) mass is 341 g/mol. The minimum Gasteiger partial charge on any atom is -0.454 e. The lowest BCUT2D eigenvalue weighted by atomic mass is 10.2. The molecule has 0 saturated carbocycles. The summed E-state index contributed by atoms with van der Waals surface area (Å²) in [4.78, 5) is 0. The number of rotatable bonds is 6. The highest BCUT2D eigenvalue weighted by Crippen LogP contribution is 2.13. The molecular weight excluding hydrogens is 325 g/mol. The summed E-state index contributed by atoms with van der Waals surface area (Å²) in [6.45, 7) is 2.98. The molecule has 0 radical (unpaired) electrons. The van der Waals surface area contributed by atoms with Crippen molar-refractivity contribution in [2.24, 2.45) is 0 Å². The van der Waals surface area contributed by atoms with Gasteiger partial charge in [0.15, 0.2) is 3.77 Å². The van der Waals surface area contributed by atoms with Crippen molar-refractivity contribution in [3.8, 4) is 0 Å². The van der Waals surface area contributed by atoms with Gasteiger partial charge in [0.05, 0.1) is 13.2 Å². The third-order valence-corrected chi connectivity index (χ3v) is 4.01. The van der Waals surface area contributed by atoms with Crippen molar-refractivity contribution in [2.75, 3.05) is 12.9 Å². The molecule has 1 aromatic heterocycles. The lowest BCUT2D eigenvalue weighted by molar-refractivity contribution is 0.274. The van der Waals surface area contributed by atoms with Crippen LogP contribution in [0.4, 0.5) is 0 Å². The topological polar surface area (TPSA) is 45.4 Å². The van der Waals surface area contributed by atoms with E-state index in [0.29, 0.717) is 6.54 Å². The highest BCUT2D eigenvalue weighted by Gasteiger charge is 2.14. The Bertz CT molecular complexity index is 289. The van der Waals surface area contributed by atoms with E-state index in [1.807, 2.05) is 18.4 Å². The first kappa shape index (κ1) is 13.3. The summed E-state index contributed by atoms with van der Waals surface area (Å²) in [5.41, 5.74) is 0. The first-order chi connectivity index (χ1) is 7.17. The standard InChI is InChI=1S/C10H16INO2S/c1-7(9(6-13)15-2)12-5-8-3-4-10(11)14-8/h3-4,7,9,12-13H,5-6H2,1-2H3. The smallest absolute Gasteiger partial charge is 0.164 e. The molecule has 0 aliphatic carbocycles. The normalized spacial score (nSPS) is 15.2. The Balaban J connectivity index is 2.36. The second-order valence-electron chi connectivity index (χ2n) is 3.33. The molecule has 5 heteroatoms. The zero-order chi connectivity index (χ0) is 11.3. The van der Waals surface area contributed by atoms with Crippen LogP contribution in [0, 0.1) is 3.77 Å². The third-order valence-electron chi connectivity index (χ3n) is 2.27. The van der Waals surface area contributed by atoms with E-state index in [2.05, 4.69) is 34.8 Å². The fourth-order valence-corrected chi connectivity index (χ4v) is 2.39. The molecular formula is C10H16INO2S. The molecule has 1 heterocycles. The number of nitrogens with one attached hydrogen (secondary N) is 1. The zero-order valence-corrected chi connectivity index (χ0v) is 11.8. The van der Waals surface area contributed by atoms with Gasteiger partial charge in [0.25, 0.3) is 0 Å². The first-order valence-corrected chi connectivity index (χ1v) is 7.15. The minimum atomic E-state index is 0.199. The molecule has 0 saturated heterocycles. The van der Waals surface area contributed by atoms with E-state index in [1.165, 1.54) is 0 Å². The maximum absolute atomic E-state index is 9.11. The van der Waals surface area contributed by atoms with Crippen LogP contribution in [0.1, 0.15) is 12.7 Å². The lowest BCUT2D eigenvalue weighted by Crippen LogP contribution is -2.36. The Morgan fingerprint density at radius 3 is 2.80 bits per heavy atom. The fourth-order valence-electron chi connectivity index (χ4n) is 1.28. The number of halogens is 1. The second kappa shape index (κ2) is 6.78. The summed E-state index contributed by atoms with van der Waals surface area (Å²) in [6.07, 6.45) is 2.01. The predicted molar refractivity (Wildman–Crippen MR) is 72.1 cm³/mol. The number of aliphatic hydroxyl groups excluding tert-OH is 1. The Hall–Kier alpha value is 0.280. The van der Waals surface area contributed by atoms with Crippen LogP contribution in [-0.4, -0.2) is 29.3 Å². The Morgan fingerprint density at radius 2 is 2.33 bits per heavy atom. The highest BCUT2D eigenvalue weighted by atomic mass is 127. The molecule has 0 aromatic carbocycles. The maximum atomic E-state index is 9.11. The van der Waals surface area contributed by atoms with E-state index >= 15 is 0 Å². The molecule has 1 aromatic rings. The van der Waals surface area contributed by atoms with Crippen molar-refractivity contribution in [1.82, 2.24) is 5.32 Å². The molecule has 0 fully saturated rings. The van der Waals surface area contributed by atoms with Crippen LogP contribution in [0.3, 0.4) is 0 Å². The predicted octanol–water partition coefficient (Wildman–Crippen LogP) is 2.09. The van der Waals surface area contributed by atoms with Gasteiger partial charge in [0, 0.05) is 11.3 Å². The summed E-state index contributed by atoms with van der Waals surface area (Å²) in [5.74, 6) is 0.934. The molecule has 0 aliphatic heterocycles. The van der Waals surface area contributed by atoms with Gasteiger partial charge in [0.2, 0.25) is 0 Å². The van der Waals surface area contributed by atoms with E-state index < -0.39 is 0 Å². The number of aliphatic hydroxyl groups is 1. The van der Waals surface area contributed by atoms with Crippen molar-refractivity contribution in [3.05, 3.63) is 21.7 Å². The SMILES string of the molecule is CSC(CO)C(C)NCc1ccc(I)o1. The van der Waals surface area contributed by atoms with Gasteiger partial charge in [-0.1, -0.05) is 0 Å². The van der Waals surface area contributed by atoms with E-state index in [1.54, 1.807) is 11.8 Å². The average molecular weight is 341 g/mol. The molecule has 86 valence electrons. The largest absolute Gasteiger partial charge is 0.454 e. The fraction of sp³-hybridized carbons (Fsp3) is 0.600. The van der Waals surface area contributed by atoms with Crippen LogP contribution < -0.4 is 5.32 Å². The van der Waals surface area contributed by atoms with Crippen LogP contribution in [0.15, 0.2) is 16.5 Å². The van der Waals surface area contributed by atoms with E-state index in [0.717, 1.165) is 9.53 Å². The van der Waals surface area contributed by atoms with Gasteiger partial charge in [-0.2, -0.15) is 11.8 Å². The summed E-state index contributed by atoms with van der Waals surface area (Å²) >= 11 is 3.82. The Morgan fingerprint density at radius 1 is 1.60 bits per heavy atom. The van der Waals surface area contributed by atoms with E-state index in [4.69, 9.17) is 9.52 Å². The van der Waals surface area contributed by atoms with Crippen LogP contribution in [-0.2, 0) is 6.54 Å². The number of thioether (sulfide) groups is 1. The molecule has 0 aliphatic rings. The Kier molecular flexibility index (Phi) is 6.03. The van der Waals surface area contributed by atoms with E-state index in [-0.39, 0.29) is 17.9 Å². The van der Waals surface area contributed by atoms with Crippen LogP contribution in [0.2, 0.25) is 0 Å². The van der Waals surface area contributed by atoms with Crippen molar-refractivity contribution in [1.29, 1.82) is 0 Å². The summed E-state index contributed by atoms with van der Waals surface area (Å²) in [5, 5.41) is 12.7. The number of furan rings is 1. The van der Waals surface area contributed by atoms with E-state index in [9.17, 15) is 0 Å². The summed E-state index contributed by atoms with van der Waals surface area (Å²) in [7, 11) is 0. The van der Waals surface area contributed by atoms with Crippen molar-refractivity contribution in [2.45, 2.75) is 24.8 Å². The average Bonchev–Trinajstić information content (AvgIpc) is 2.63. The second-order valence-corrected chi connectivity index (χ2v) is 5.47. The van der Waals surface area contributed by atoms with Crippen molar-refractivity contribution < 1.29 is 9.52 Å². The first-order valence-electron chi connectivity index (χ1n) is 4.78. The highest BCUT2D eigenvalue weighted by molar-refractivity contribution is 14.1. The lowest BCUT2D eigenvalue weighted by Gasteiger charge is -2.20. The molecule has 15 heavy (non-hydrogen) atoms. The van der Waals surface area contributed by atoms with Gasteiger partial charge in [-0.15, -0.1) is 0 Å². The van der Waals surface area contributed by atoms with Gasteiger partial charge < -0.3 is 14.8 Å². The Labute approximate surface area is 108 Å². The quantitative estimate of drug-likeness (QED) is 0.778. The maximum Gasteiger partial charge on any atom is 0.164 e. The molecule has 2 unspecified atom stereocenters.